The first-order valence-corrected chi connectivity index (χ1v) is 6.30. The van der Waals surface area contributed by atoms with E-state index in [0.717, 1.165) is 18.9 Å². The van der Waals surface area contributed by atoms with E-state index in [1.165, 1.54) is 32.4 Å². The smallest absolute Gasteiger partial charge is 0.0446 e. The highest BCUT2D eigenvalue weighted by molar-refractivity contribution is 4.79. The predicted molar refractivity (Wildman–Crippen MR) is 64.0 cm³/mol. The summed E-state index contributed by atoms with van der Waals surface area (Å²) in [5.41, 5.74) is 0. The molecule has 1 saturated heterocycles. The average molecular weight is 214 g/mol. The van der Waals surface area contributed by atoms with E-state index < -0.39 is 0 Å². The summed E-state index contributed by atoms with van der Waals surface area (Å²) in [6.45, 7) is 6.16. The number of aliphatic hydroxyl groups is 1. The van der Waals surface area contributed by atoms with Crippen LogP contribution < -0.4 is 5.32 Å². The van der Waals surface area contributed by atoms with Gasteiger partial charge in [0.2, 0.25) is 0 Å². The maximum Gasteiger partial charge on any atom is 0.0446 e. The molecule has 0 radical (unpaired) electrons. The highest BCUT2D eigenvalue weighted by atomic mass is 16.3. The SMILES string of the molecule is CCCC1CCN(CC(CCO)NC)C1. The van der Waals surface area contributed by atoms with Crippen LogP contribution in [-0.4, -0.2) is 49.3 Å². The van der Waals surface area contributed by atoms with Crippen LogP contribution in [0.25, 0.3) is 0 Å². The average Bonchev–Trinajstić information content (AvgIpc) is 2.66. The first kappa shape index (κ1) is 12.9. The third kappa shape index (κ3) is 4.49. The van der Waals surface area contributed by atoms with Crippen molar-refractivity contribution in [2.24, 2.45) is 5.92 Å². The van der Waals surface area contributed by atoms with Gasteiger partial charge < -0.3 is 15.3 Å². The Kier molecular flexibility index (Phi) is 6.22. The fourth-order valence-corrected chi connectivity index (χ4v) is 2.52. The normalized spacial score (nSPS) is 24.6. The molecule has 1 heterocycles. The lowest BCUT2D eigenvalue weighted by Gasteiger charge is -2.22. The number of likely N-dealkylation sites (N-methyl/N-ethyl adjacent to an activating group) is 1. The van der Waals surface area contributed by atoms with Crippen LogP contribution in [0.15, 0.2) is 0 Å². The van der Waals surface area contributed by atoms with Crippen LogP contribution in [-0.2, 0) is 0 Å². The summed E-state index contributed by atoms with van der Waals surface area (Å²) in [6.07, 6.45) is 4.92. The van der Waals surface area contributed by atoms with Gasteiger partial charge in [-0.2, -0.15) is 0 Å². The van der Waals surface area contributed by atoms with Crippen molar-refractivity contribution in [1.29, 1.82) is 0 Å². The Balaban J connectivity index is 2.21. The summed E-state index contributed by atoms with van der Waals surface area (Å²) >= 11 is 0. The van der Waals surface area contributed by atoms with Gasteiger partial charge in [-0.15, -0.1) is 0 Å². The molecule has 1 aliphatic heterocycles. The van der Waals surface area contributed by atoms with Gasteiger partial charge in [-0.3, -0.25) is 0 Å². The molecular formula is C12H26N2O. The van der Waals surface area contributed by atoms with Crippen molar-refractivity contribution < 1.29 is 5.11 Å². The molecule has 1 rings (SSSR count). The molecule has 0 saturated carbocycles. The van der Waals surface area contributed by atoms with E-state index in [-0.39, 0.29) is 6.61 Å². The fourth-order valence-electron chi connectivity index (χ4n) is 2.52. The van der Waals surface area contributed by atoms with E-state index in [9.17, 15) is 0 Å². The third-order valence-corrected chi connectivity index (χ3v) is 3.43. The van der Waals surface area contributed by atoms with Crippen LogP contribution in [0, 0.1) is 5.92 Å². The van der Waals surface area contributed by atoms with Crippen LogP contribution >= 0.6 is 0 Å². The number of hydrogen-bond acceptors (Lipinski definition) is 3. The predicted octanol–water partition coefficient (Wildman–Crippen LogP) is 1.08. The largest absolute Gasteiger partial charge is 0.396 e. The van der Waals surface area contributed by atoms with Gasteiger partial charge >= 0.3 is 0 Å². The first-order chi connectivity index (χ1) is 7.30. The van der Waals surface area contributed by atoms with Crippen molar-refractivity contribution in [3.63, 3.8) is 0 Å². The molecule has 0 aromatic carbocycles. The number of hydrogen-bond donors (Lipinski definition) is 2. The van der Waals surface area contributed by atoms with E-state index in [1.807, 2.05) is 7.05 Å². The number of rotatable bonds is 7. The van der Waals surface area contributed by atoms with Gasteiger partial charge in [0.05, 0.1) is 0 Å². The zero-order valence-corrected chi connectivity index (χ0v) is 10.2. The molecule has 1 fully saturated rings. The molecular weight excluding hydrogens is 188 g/mol. The summed E-state index contributed by atoms with van der Waals surface area (Å²) in [6, 6.07) is 0.454. The highest BCUT2D eigenvalue weighted by Crippen LogP contribution is 2.20. The second kappa shape index (κ2) is 7.20. The van der Waals surface area contributed by atoms with E-state index >= 15 is 0 Å². The van der Waals surface area contributed by atoms with Gasteiger partial charge in [0.1, 0.15) is 0 Å². The Bertz CT molecular complexity index is 164. The zero-order chi connectivity index (χ0) is 11.1. The summed E-state index contributed by atoms with van der Waals surface area (Å²) in [5, 5.41) is 12.2. The quantitative estimate of drug-likeness (QED) is 0.665. The van der Waals surface area contributed by atoms with Gasteiger partial charge in [0.15, 0.2) is 0 Å². The molecule has 2 atom stereocenters. The van der Waals surface area contributed by atoms with Crippen molar-refractivity contribution in [1.82, 2.24) is 10.2 Å². The Morgan fingerprint density at radius 3 is 2.93 bits per heavy atom. The zero-order valence-electron chi connectivity index (χ0n) is 10.2. The molecule has 15 heavy (non-hydrogen) atoms. The topological polar surface area (TPSA) is 35.5 Å². The number of aliphatic hydroxyl groups excluding tert-OH is 1. The molecule has 90 valence electrons. The van der Waals surface area contributed by atoms with Crippen LogP contribution in [0.4, 0.5) is 0 Å². The molecule has 0 aliphatic carbocycles. The van der Waals surface area contributed by atoms with Crippen LogP contribution in [0.3, 0.4) is 0 Å². The standard InChI is InChI=1S/C12H26N2O/c1-3-4-11-5-7-14(9-11)10-12(13-2)6-8-15/h11-13,15H,3-10H2,1-2H3. The molecule has 3 heteroatoms. The van der Waals surface area contributed by atoms with E-state index in [4.69, 9.17) is 5.11 Å². The highest BCUT2D eigenvalue weighted by Gasteiger charge is 2.23. The van der Waals surface area contributed by atoms with Crippen molar-refractivity contribution in [2.75, 3.05) is 33.3 Å². The van der Waals surface area contributed by atoms with Crippen molar-refractivity contribution in [3.8, 4) is 0 Å². The van der Waals surface area contributed by atoms with Gasteiger partial charge in [0.25, 0.3) is 0 Å². The molecule has 2 N–H and O–H groups in total. The second-order valence-corrected chi connectivity index (χ2v) is 4.70. The van der Waals surface area contributed by atoms with Gasteiger partial charge in [-0.25, -0.2) is 0 Å². The minimum atomic E-state index is 0.289. The molecule has 0 aromatic heterocycles. The van der Waals surface area contributed by atoms with Crippen molar-refractivity contribution >= 4 is 0 Å². The maximum absolute atomic E-state index is 8.92. The molecule has 0 bridgehead atoms. The van der Waals surface area contributed by atoms with Crippen LogP contribution in [0.5, 0.6) is 0 Å². The fraction of sp³-hybridized carbons (Fsp3) is 1.00. The summed E-state index contributed by atoms with van der Waals surface area (Å²) < 4.78 is 0. The summed E-state index contributed by atoms with van der Waals surface area (Å²) in [5.74, 6) is 0.918. The molecule has 0 spiro atoms. The second-order valence-electron chi connectivity index (χ2n) is 4.70. The minimum absolute atomic E-state index is 0.289. The van der Waals surface area contributed by atoms with Crippen molar-refractivity contribution in [3.05, 3.63) is 0 Å². The lowest BCUT2D eigenvalue weighted by atomic mass is 10.0. The van der Waals surface area contributed by atoms with Crippen LogP contribution in [0.2, 0.25) is 0 Å². The molecule has 1 aliphatic rings. The van der Waals surface area contributed by atoms with Gasteiger partial charge in [-0.05, 0) is 38.8 Å². The van der Waals surface area contributed by atoms with E-state index in [2.05, 4.69) is 17.1 Å². The Morgan fingerprint density at radius 2 is 2.33 bits per heavy atom. The maximum atomic E-state index is 8.92. The van der Waals surface area contributed by atoms with Gasteiger partial charge in [-0.1, -0.05) is 13.3 Å². The lowest BCUT2D eigenvalue weighted by Crippen LogP contribution is -2.39. The third-order valence-electron chi connectivity index (χ3n) is 3.43. The first-order valence-electron chi connectivity index (χ1n) is 6.30. The van der Waals surface area contributed by atoms with E-state index in [0.29, 0.717) is 6.04 Å². The Morgan fingerprint density at radius 1 is 1.53 bits per heavy atom. The van der Waals surface area contributed by atoms with Crippen LogP contribution in [0.1, 0.15) is 32.6 Å². The lowest BCUT2D eigenvalue weighted by molar-refractivity contribution is 0.230. The molecule has 0 amide bonds. The minimum Gasteiger partial charge on any atom is -0.396 e. The summed E-state index contributed by atoms with van der Waals surface area (Å²) in [4.78, 5) is 2.54. The Hall–Kier alpha value is -0.120. The summed E-state index contributed by atoms with van der Waals surface area (Å²) in [7, 11) is 1.99. The monoisotopic (exact) mass is 214 g/mol. The number of likely N-dealkylation sites (tertiary alicyclic amines) is 1. The van der Waals surface area contributed by atoms with Gasteiger partial charge in [0, 0.05) is 25.7 Å². The number of nitrogens with zero attached hydrogens (tertiary/aromatic N) is 1. The molecule has 2 unspecified atom stereocenters. The van der Waals surface area contributed by atoms with Crippen molar-refractivity contribution in [2.45, 2.75) is 38.6 Å². The Labute approximate surface area is 93.9 Å². The number of nitrogens with one attached hydrogen (secondary N) is 1. The molecule has 3 nitrogen and oxygen atoms in total. The van der Waals surface area contributed by atoms with E-state index in [1.54, 1.807) is 0 Å². The molecule has 0 aromatic rings.